The third-order valence-electron chi connectivity index (χ3n) is 5.36. The number of aryl methyl sites for hydroxylation is 1. The average Bonchev–Trinajstić information content (AvgIpc) is 3.06. The molecule has 1 amide bonds. The van der Waals surface area contributed by atoms with Crippen molar-refractivity contribution in [3.05, 3.63) is 41.7 Å². The molecule has 0 spiro atoms. The standard InChI is InChI=1S/C22H27N3O2/c1-15-6-7-17-12-18-13-20(27-22(18)24-19(17)11-15)21(26)23-8-4-10-25-9-3-5-16(2)14-25/h6-7,11-13,16H,3-5,8-10,14H2,1-2H3,(H,23,26). The number of likely N-dealkylation sites (tertiary alicyclic amines) is 1. The summed E-state index contributed by atoms with van der Waals surface area (Å²) in [6.07, 6.45) is 3.58. The minimum Gasteiger partial charge on any atom is -0.433 e. The normalized spacial score (nSPS) is 18.2. The van der Waals surface area contributed by atoms with Gasteiger partial charge >= 0.3 is 0 Å². The summed E-state index contributed by atoms with van der Waals surface area (Å²) in [6.45, 7) is 8.41. The van der Waals surface area contributed by atoms with E-state index < -0.39 is 0 Å². The molecule has 1 atom stereocenters. The van der Waals surface area contributed by atoms with Crippen LogP contribution < -0.4 is 5.32 Å². The van der Waals surface area contributed by atoms with Gasteiger partial charge in [-0.3, -0.25) is 4.79 Å². The summed E-state index contributed by atoms with van der Waals surface area (Å²) in [5.41, 5.74) is 2.56. The number of benzene rings is 1. The molecule has 3 heterocycles. The molecule has 1 fully saturated rings. The Balaban J connectivity index is 1.37. The second-order valence-electron chi connectivity index (χ2n) is 7.85. The molecular weight excluding hydrogens is 338 g/mol. The second-order valence-corrected chi connectivity index (χ2v) is 7.85. The van der Waals surface area contributed by atoms with Crippen molar-refractivity contribution < 1.29 is 9.21 Å². The Morgan fingerprint density at radius 3 is 3.04 bits per heavy atom. The van der Waals surface area contributed by atoms with Crippen molar-refractivity contribution in [3.8, 4) is 0 Å². The van der Waals surface area contributed by atoms with Gasteiger partial charge in [-0.15, -0.1) is 0 Å². The van der Waals surface area contributed by atoms with E-state index in [2.05, 4.69) is 28.2 Å². The van der Waals surface area contributed by atoms with Crippen molar-refractivity contribution in [2.24, 2.45) is 5.92 Å². The summed E-state index contributed by atoms with van der Waals surface area (Å²) in [5, 5.41) is 4.89. The quantitative estimate of drug-likeness (QED) is 0.690. The third kappa shape index (κ3) is 4.14. The van der Waals surface area contributed by atoms with E-state index in [0.29, 0.717) is 18.0 Å². The number of rotatable bonds is 5. The molecule has 1 saturated heterocycles. The third-order valence-corrected chi connectivity index (χ3v) is 5.36. The van der Waals surface area contributed by atoms with E-state index in [0.717, 1.165) is 40.7 Å². The maximum absolute atomic E-state index is 12.4. The minimum absolute atomic E-state index is 0.166. The Bertz CT molecular complexity index is 963. The van der Waals surface area contributed by atoms with Crippen molar-refractivity contribution >= 4 is 27.9 Å². The first-order chi connectivity index (χ1) is 13.1. The van der Waals surface area contributed by atoms with Crippen molar-refractivity contribution in [1.82, 2.24) is 15.2 Å². The molecule has 1 aliphatic heterocycles. The van der Waals surface area contributed by atoms with E-state index in [1.807, 2.05) is 25.1 Å². The summed E-state index contributed by atoms with van der Waals surface area (Å²) >= 11 is 0. The number of hydrogen-bond acceptors (Lipinski definition) is 4. The van der Waals surface area contributed by atoms with Gasteiger partial charge in [-0.25, -0.2) is 4.98 Å². The van der Waals surface area contributed by atoms with Crippen LogP contribution in [-0.2, 0) is 0 Å². The van der Waals surface area contributed by atoms with Crippen LogP contribution in [0.1, 0.15) is 42.3 Å². The van der Waals surface area contributed by atoms with Gasteiger partial charge < -0.3 is 14.6 Å². The Kier molecular flexibility index (Phi) is 5.12. The Hall–Kier alpha value is -2.40. The topological polar surface area (TPSA) is 58.4 Å². The number of hydrogen-bond donors (Lipinski definition) is 1. The number of furan rings is 1. The van der Waals surface area contributed by atoms with Crippen LogP contribution in [0.15, 0.2) is 34.7 Å². The summed E-state index contributed by atoms with van der Waals surface area (Å²) < 4.78 is 5.71. The molecule has 0 radical (unpaired) electrons. The van der Waals surface area contributed by atoms with Crippen LogP contribution in [0.2, 0.25) is 0 Å². The molecule has 1 unspecified atom stereocenters. The highest BCUT2D eigenvalue weighted by Crippen LogP contribution is 2.23. The monoisotopic (exact) mass is 365 g/mol. The lowest BCUT2D eigenvalue weighted by Crippen LogP contribution is -2.36. The van der Waals surface area contributed by atoms with Crippen LogP contribution >= 0.6 is 0 Å². The average molecular weight is 365 g/mol. The smallest absolute Gasteiger partial charge is 0.287 e. The van der Waals surface area contributed by atoms with Gasteiger partial charge in [0.25, 0.3) is 5.91 Å². The molecule has 0 aliphatic carbocycles. The van der Waals surface area contributed by atoms with Crippen molar-refractivity contribution in [2.45, 2.75) is 33.1 Å². The molecule has 1 aliphatic rings. The van der Waals surface area contributed by atoms with Crippen molar-refractivity contribution in [1.29, 1.82) is 0 Å². The maximum Gasteiger partial charge on any atom is 0.287 e. The predicted octanol–water partition coefficient (Wildman–Crippen LogP) is 4.14. The van der Waals surface area contributed by atoms with E-state index in [1.165, 1.54) is 25.9 Å². The van der Waals surface area contributed by atoms with Gasteiger partial charge in [-0.1, -0.05) is 19.1 Å². The highest BCUT2D eigenvalue weighted by molar-refractivity contribution is 5.98. The van der Waals surface area contributed by atoms with E-state index in [4.69, 9.17) is 4.42 Å². The van der Waals surface area contributed by atoms with E-state index in [-0.39, 0.29) is 5.91 Å². The molecule has 0 saturated carbocycles. The van der Waals surface area contributed by atoms with E-state index >= 15 is 0 Å². The van der Waals surface area contributed by atoms with E-state index in [1.54, 1.807) is 6.07 Å². The van der Waals surface area contributed by atoms with Crippen LogP contribution in [0.25, 0.3) is 22.0 Å². The second kappa shape index (κ2) is 7.69. The zero-order valence-electron chi connectivity index (χ0n) is 16.1. The Morgan fingerprint density at radius 2 is 2.19 bits per heavy atom. The molecule has 2 aromatic heterocycles. The molecule has 1 N–H and O–H groups in total. The fourth-order valence-electron chi connectivity index (χ4n) is 3.93. The van der Waals surface area contributed by atoms with Gasteiger partial charge in [0.05, 0.1) is 5.52 Å². The molecular formula is C22H27N3O2. The first-order valence-corrected chi connectivity index (χ1v) is 9.90. The van der Waals surface area contributed by atoms with Gasteiger partial charge in [0.1, 0.15) is 0 Å². The number of carbonyl (C=O) groups is 1. The lowest BCUT2D eigenvalue weighted by molar-refractivity contribution is 0.0924. The molecule has 5 nitrogen and oxygen atoms in total. The number of piperidine rings is 1. The largest absolute Gasteiger partial charge is 0.433 e. The fourth-order valence-corrected chi connectivity index (χ4v) is 3.93. The van der Waals surface area contributed by atoms with Gasteiger partial charge in [-0.2, -0.15) is 0 Å². The summed E-state index contributed by atoms with van der Waals surface area (Å²) in [7, 11) is 0. The maximum atomic E-state index is 12.4. The van der Waals surface area contributed by atoms with Crippen LogP contribution in [0.3, 0.4) is 0 Å². The molecule has 0 bridgehead atoms. The molecule has 3 aromatic rings. The van der Waals surface area contributed by atoms with Crippen molar-refractivity contribution in [3.63, 3.8) is 0 Å². The molecule has 5 heteroatoms. The van der Waals surface area contributed by atoms with Gasteiger partial charge in [-0.05, 0) is 69.0 Å². The molecule has 142 valence electrons. The Labute approximate surface area is 159 Å². The van der Waals surface area contributed by atoms with Crippen LogP contribution in [0.5, 0.6) is 0 Å². The van der Waals surface area contributed by atoms with Crippen LogP contribution in [-0.4, -0.2) is 42.0 Å². The number of pyridine rings is 1. The van der Waals surface area contributed by atoms with Gasteiger partial charge in [0.15, 0.2) is 5.76 Å². The molecule has 1 aromatic carbocycles. The lowest BCUT2D eigenvalue weighted by Gasteiger charge is -2.30. The summed E-state index contributed by atoms with van der Waals surface area (Å²) in [5.74, 6) is 0.951. The fraction of sp³-hybridized carbons (Fsp3) is 0.455. The number of amides is 1. The zero-order valence-corrected chi connectivity index (χ0v) is 16.1. The molecule has 27 heavy (non-hydrogen) atoms. The summed E-state index contributed by atoms with van der Waals surface area (Å²) in [4.78, 5) is 19.5. The number of nitrogens with one attached hydrogen (secondary N) is 1. The lowest BCUT2D eigenvalue weighted by atomic mass is 10.0. The Morgan fingerprint density at radius 1 is 1.30 bits per heavy atom. The van der Waals surface area contributed by atoms with E-state index in [9.17, 15) is 4.79 Å². The number of aromatic nitrogens is 1. The number of nitrogens with zero attached hydrogens (tertiary/aromatic N) is 2. The number of carbonyl (C=O) groups excluding carboxylic acids is 1. The minimum atomic E-state index is -0.166. The highest BCUT2D eigenvalue weighted by atomic mass is 16.4. The first kappa shape index (κ1) is 18.0. The zero-order chi connectivity index (χ0) is 18.8. The molecule has 4 rings (SSSR count). The van der Waals surface area contributed by atoms with Crippen LogP contribution in [0, 0.1) is 12.8 Å². The first-order valence-electron chi connectivity index (χ1n) is 9.90. The van der Waals surface area contributed by atoms with Gasteiger partial charge in [0.2, 0.25) is 5.71 Å². The summed E-state index contributed by atoms with van der Waals surface area (Å²) in [6, 6.07) is 9.94. The van der Waals surface area contributed by atoms with Gasteiger partial charge in [0, 0.05) is 23.9 Å². The highest BCUT2D eigenvalue weighted by Gasteiger charge is 2.16. The van der Waals surface area contributed by atoms with Crippen LogP contribution in [0.4, 0.5) is 0 Å². The SMILES string of the molecule is Cc1ccc2cc3cc(C(=O)NCCCN4CCCC(C)C4)oc3nc2c1. The van der Waals surface area contributed by atoms with Crippen molar-refractivity contribution in [2.75, 3.05) is 26.2 Å². The number of fused-ring (bicyclic) bond motifs is 2. The predicted molar refractivity (Wildman–Crippen MR) is 108 cm³/mol.